The maximum atomic E-state index is 10.9. The molecule has 1 amide bonds. The first-order valence-electron chi connectivity index (χ1n) is 7.72. The molecule has 0 aromatic heterocycles. The fourth-order valence-corrected chi connectivity index (χ4v) is 6.97. The van der Waals surface area contributed by atoms with Crippen molar-refractivity contribution in [2.45, 2.75) is 48.3 Å². The molecule has 0 aromatic rings. The van der Waals surface area contributed by atoms with Gasteiger partial charge in [0.15, 0.2) is 0 Å². The minimum absolute atomic E-state index is 0.203. The van der Waals surface area contributed by atoms with E-state index in [1.54, 1.807) is 0 Å². The van der Waals surface area contributed by atoms with Gasteiger partial charge in [-0.3, -0.25) is 9.69 Å². The van der Waals surface area contributed by atoms with Crippen LogP contribution in [0.4, 0.5) is 0 Å². The number of carbonyl (C=O) groups is 1. The van der Waals surface area contributed by atoms with Crippen LogP contribution >= 0.6 is 23.5 Å². The lowest BCUT2D eigenvalue weighted by Gasteiger charge is -2.35. The third-order valence-electron chi connectivity index (χ3n) is 4.67. The van der Waals surface area contributed by atoms with Crippen LogP contribution in [0.1, 0.15) is 25.7 Å². The Hall–Kier alpha value is 0.0900. The van der Waals surface area contributed by atoms with E-state index in [1.165, 1.54) is 24.3 Å². The third-order valence-corrected chi connectivity index (χ3v) is 7.98. The SMILES string of the molecule is NC(=O)CN1CCC(NC2CCC3SCCSC23)CC1. The number of hydrogen-bond donors (Lipinski definition) is 2. The van der Waals surface area contributed by atoms with Crippen molar-refractivity contribution in [2.24, 2.45) is 5.73 Å². The Labute approximate surface area is 130 Å². The van der Waals surface area contributed by atoms with E-state index < -0.39 is 0 Å². The Morgan fingerprint density at radius 3 is 2.65 bits per heavy atom. The molecule has 3 rings (SSSR count). The number of nitrogens with one attached hydrogen (secondary N) is 1. The highest BCUT2D eigenvalue weighted by Gasteiger charge is 2.39. The monoisotopic (exact) mass is 315 g/mol. The zero-order chi connectivity index (χ0) is 13.9. The lowest BCUT2D eigenvalue weighted by atomic mass is 10.0. The molecule has 1 saturated carbocycles. The highest BCUT2D eigenvalue weighted by molar-refractivity contribution is 8.07. The number of carbonyl (C=O) groups excluding carboxylic acids is 1. The number of amides is 1. The van der Waals surface area contributed by atoms with Gasteiger partial charge in [0.1, 0.15) is 0 Å². The van der Waals surface area contributed by atoms with E-state index >= 15 is 0 Å². The highest BCUT2D eigenvalue weighted by atomic mass is 32.2. The second kappa shape index (κ2) is 6.90. The zero-order valence-corrected chi connectivity index (χ0v) is 13.6. The van der Waals surface area contributed by atoms with Crippen LogP contribution < -0.4 is 11.1 Å². The number of likely N-dealkylation sites (tertiary alicyclic amines) is 1. The first kappa shape index (κ1) is 15.0. The molecule has 3 N–H and O–H groups in total. The summed E-state index contributed by atoms with van der Waals surface area (Å²) >= 11 is 4.37. The molecule has 2 aliphatic heterocycles. The van der Waals surface area contributed by atoms with E-state index in [4.69, 9.17) is 5.73 Å². The van der Waals surface area contributed by atoms with Crippen LogP contribution in [-0.2, 0) is 4.79 Å². The van der Waals surface area contributed by atoms with Crippen molar-refractivity contribution in [1.29, 1.82) is 0 Å². The molecular formula is C14H25N3OS2. The average molecular weight is 316 g/mol. The summed E-state index contributed by atoms with van der Waals surface area (Å²) in [6.07, 6.45) is 5.04. The lowest BCUT2D eigenvalue weighted by molar-refractivity contribution is -0.119. The molecular weight excluding hydrogens is 290 g/mol. The van der Waals surface area contributed by atoms with Crippen LogP contribution in [0.15, 0.2) is 0 Å². The van der Waals surface area contributed by atoms with Crippen LogP contribution in [-0.4, -0.2) is 64.5 Å². The Morgan fingerprint density at radius 2 is 1.90 bits per heavy atom. The summed E-state index contributed by atoms with van der Waals surface area (Å²) in [5.74, 6) is 2.45. The van der Waals surface area contributed by atoms with Crippen molar-refractivity contribution in [3.05, 3.63) is 0 Å². The number of thioether (sulfide) groups is 2. The number of nitrogens with zero attached hydrogens (tertiary/aromatic N) is 1. The summed E-state index contributed by atoms with van der Waals surface area (Å²) in [6.45, 7) is 2.43. The smallest absolute Gasteiger partial charge is 0.231 e. The largest absolute Gasteiger partial charge is 0.369 e. The zero-order valence-electron chi connectivity index (χ0n) is 11.9. The van der Waals surface area contributed by atoms with E-state index in [0.717, 1.165) is 36.4 Å². The summed E-state index contributed by atoms with van der Waals surface area (Å²) < 4.78 is 0. The van der Waals surface area contributed by atoms with Crippen molar-refractivity contribution in [2.75, 3.05) is 31.1 Å². The van der Waals surface area contributed by atoms with Gasteiger partial charge < -0.3 is 11.1 Å². The molecule has 2 saturated heterocycles. The first-order chi connectivity index (χ1) is 9.72. The topological polar surface area (TPSA) is 58.4 Å². The van der Waals surface area contributed by atoms with E-state index in [0.29, 0.717) is 18.6 Å². The van der Waals surface area contributed by atoms with Crippen molar-refractivity contribution in [1.82, 2.24) is 10.2 Å². The molecule has 3 aliphatic rings. The summed E-state index contributed by atoms with van der Waals surface area (Å²) in [5.41, 5.74) is 5.26. The number of rotatable bonds is 4. The second-order valence-corrected chi connectivity index (χ2v) is 8.74. The maximum absolute atomic E-state index is 10.9. The standard InChI is InChI=1S/C14H25N3OS2/c15-13(18)9-17-5-3-10(4-6-17)16-11-1-2-12-14(11)20-8-7-19-12/h10-12,14,16H,1-9H2,(H2,15,18). The first-order valence-corrected chi connectivity index (χ1v) is 9.82. The molecule has 1 aliphatic carbocycles. The summed E-state index contributed by atoms with van der Waals surface area (Å²) in [4.78, 5) is 13.1. The third kappa shape index (κ3) is 3.64. The summed E-state index contributed by atoms with van der Waals surface area (Å²) in [6, 6.07) is 1.35. The molecule has 20 heavy (non-hydrogen) atoms. The molecule has 0 spiro atoms. The molecule has 0 radical (unpaired) electrons. The molecule has 2 heterocycles. The van der Waals surface area contributed by atoms with Gasteiger partial charge in [0.05, 0.1) is 6.54 Å². The van der Waals surface area contributed by atoms with Crippen LogP contribution in [0.25, 0.3) is 0 Å². The van der Waals surface area contributed by atoms with E-state index in [-0.39, 0.29) is 5.91 Å². The molecule has 3 fully saturated rings. The predicted octanol–water partition coefficient (Wildman–Crippen LogP) is 0.905. The van der Waals surface area contributed by atoms with Crippen molar-refractivity contribution < 1.29 is 4.79 Å². The Kier molecular flexibility index (Phi) is 5.18. The maximum Gasteiger partial charge on any atom is 0.231 e. The quantitative estimate of drug-likeness (QED) is 0.807. The van der Waals surface area contributed by atoms with Crippen LogP contribution in [0.2, 0.25) is 0 Å². The van der Waals surface area contributed by atoms with Gasteiger partial charge in [-0.2, -0.15) is 23.5 Å². The van der Waals surface area contributed by atoms with Crippen molar-refractivity contribution >= 4 is 29.4 Å². The molecule has 0 aromatic carbocycles. The van der Waals surface area contributed by atoms with Crippen LogP contribution in [0.3, 0.4) is 0 Å². The summed E-state index contributed by atoms with van der Waals surface area (Å²) in [7, 11) is 0. The number of fused-ring (bicyclic) bond motifs is 1. The number of hydrogen-bond acceptors (Lipinski definition) is 5. The van der Waals surface area contributed by atoms with Gasteiger partial charge >= 0.3 is 0 Å². The fraction of sp³-hybridized carbons (Fsp3) is 0.929. The van der Waals surface area contributed by atoms with Gasteiger partial charge in [-0.05, 0) is 25.7 Å². The minimum atomic E-state index is -0.203. The lowest BCUT2D eigenvalue weighted by Crippen LogP contribution is -2.50. The Balaban J connectivity index is 1.44. The van der Waals surface area contributed by atoms with E-state index in [1.807, 2.05) is 0 Å². The van der Waals surface area contributed by atoms with Crippen molar-refractivity contribution in [3.63, 3.8) is 0 Å². The molecule has 6 heteroatoms. The average Bonchev–Trinajstić information content (AvgIpc) is 2.84. The number of nitrogens with two attached hydrogens (primary N) is 1. The normalized spacial score (nSPS) is 35.9. The predicted molar refractivity (Wildman–Crippen MR) is 87.3 cm³/mol. The molecule has 114 valence electrons. The molecule has 4 nitrogen and oxygen atoms in total. The van der Waals surface area contributed by atoms with Gasteiger partial charge in [-0.1, -0.05) is 0 Å². The molecule has 0 bridgehead atoms. The second-order valence-electron chi connectivity index (χ2n) is 6.11. The van der Waals surface area contributed by atoms with E-state index in [2.05, 4.69) is 33.7 Å². The Bertz CT molecular complexity index is 347. The Morgan fingerprint density at radius 1 is 1.15 bits per heavy atom. The highest BCUT2D eigenvalue weighted by Crippen LogP contribution is 2.42. The molecule has 3 unspecified atom stereocenters. The number of piperidine rings is 1. The van der Waals surface area contributed by atoms with Gasteiger partial charge in [0.25, 0.3) is 0 Å². The van der Waals surface area contributed by atoms with Gasteiger partial charge in [0, 0.05) is 47.2 Å². The molecule has 3 atom stereocenters. The number of primary amides is 1. The fourth-order valence-electron chi connectivity index (χ4n) is 3.68. The van der Waals surface area contributed by atoms with E-state index in [9.17, 15) is 4.79 Å². The van der Waals surface area contributed by atoms with Gasteiger partial charge in [-0.15, -0.1) is 0 Å². The summed E-state index contributed by atoms with van der Waals surface area (Å²) in [5, 5.41) is 5.63. The van der Waals surface area contributed by atoms with Gasteiger partial charge in [-0.25, -0.2) is 0 Å². The van der Waals surface area contributed by atoms with Crippen molar-refractivity contribution in [3.8, 4) is 0 Å². The van der Waals surface area contributed by atoms with Gasteiger partial charge in [0.2, 0.25) is 5.91 Å². The van der Waals surface area contributed by atoms with Crippen LogP contribution in [0, 0.1) is 0 Å². The van der Waals surface area contributed by atoms with Crippen LogP contribution in [0.5, 0.6) is 0 Å². The minimum Gasteiger partial charge on any atom is -0.369 e.